The Bertz CT molecular complexity index is 524. The van der Waals surface area contributed by atoms with Crippen LogP contribution in [0.25, 0.3) is 0 Å². The zero-order valence-corrected chi connectivity index (χ0v) is 11.5. The molecule has 0 amide bonds. The van der Waals surface area contributed by atoms with E-state index in [1.54, 1.807) is 26.0 Å². The third-order valence-electron chi connectivity index (χ3n) is 3.10. The maximum Gasteiger partial charge on any atom is 0.216 e. The number of halogens is 1. The van der Waals surface area contributed by atoms with E-state index in [0.29, 0.717) is 5.56 Å². The average molecular weight is 271 g/mol. The predicted molar refractivity (Wildman–Crippen MR) is 69.0 cm³/mol. The molecule has 1 aliphatic carbocycles. The Labute approximate surface area is 108 Å². The van der Waals surface area contributed by atoms with E-state index in [-0.39, 0.29) is 18.4 Å². The van der Waals surface area contributed by atoms with Gasteiger partial charge in [-0.15, -0.1) is 0 Å². The summed E-state index contributed by atoms with van der Waals surface area (Å²) >= 11 is 0. The average Bonchev–Trinajstić information content (AvgIpc) is 3.09. The molecule has 1 aromatic rings. The topological polar surface area (TPSA) is 37.4 Å². The van der Waals surface area contributed by atoms with Gasteiger partial charge in [0, 0.05) is 12.6 Å². The highest BCUT2D eigenvalue weighted by Gasteiger charge is 2.38. The van der Waals surface area contributed by atoms with Crippen LogP contribution in [0.2, 0.25) is 0 Å². The first-order chi connectivity index (χ1) is 8.41. The molecule has 0 atom stereocenters. The normalized spacial score (nSPS) is 16.5. The molecule has 0 aromatic heterocycles. The van der Waals surface area contributed by atoms with Crippen LogP contribution in [0.1, 0.15) is 32.3 Å². The van der Waals surface area contributed by atoms with Crippen LogP contribution >= 0.6 is 0 Å². The maximum absolute atomic E-state index is 13.1. The molecule has 1 fully saturated rings. The summed E-state index contributed by atoms with van der Waals surface area (Å²) in [6.07, 6.45) is 1.81. The summed E-state index contributed by atoms with van der Waals surface area (Å²) in [4.78, 5) is 0. The minimum Gasteiger partial charge on any atom is -0.212 e. The molecular formula is C13H18FNO2S. The van der Waals surface area contributed by atoms with Crippen molar-refractivity contribution in [3.05, 3.63) is 35.6 Å². The second kappa shape index (κ2) is 4.97. The summed E-state index contributed by atoms with van der Waals surface area (Å²) < 4.78 is 39.1. The van der Waals surface area contributed by atoms with Crippen molar-refractivity contribution in [1.82, 2.24) is 4.31 Å². The van der Waals surface area contributed by atoms with Gasteiger partial charge in [-0.05, 0) is 44.4 Å². The molecule has 100 valence electrons. The third-order valence-corrected chi connectivity index (χ3v) is 5.38. The van der Waals surface area contributed by atoms with Crippen LogP contribution in [0, 0.1) is 5.82 Å². The van der Waals surface area contributed by atoms with Gasteiger partial charge in [-0.1, -0.05) is 12.1 Å². The molecular weight excluding hydrogens is 253 g/mol. The van der Waals surface area contributed by atoms with Gasteiger partial charge in [0.15, 0.2) is 0 Å². The molecule has 1 saturated carbocycles. The van der Waals surface area contributed by atoms with Crippen LogP contribution in [0.4, 0.5) is 4.39 Å². The van der Waals surface area contributed by atoms with Gasteiger partial charge in [-0.25, -0.2) is 12.8 Å². The maximum atomic E-state index is 13.1. The summed E-state index contributed by atoms with van der Waals surface area (Å²) in [5.41, 5.74) is 0.700. The number of sulfonamides is 1. The summed E-state index contributed by atoms with van der Waals surface area (Å²) in [5.74, 6) is -0.329. The summed E-state index contributed by atoms with van der Waals surface area (Å²) in [7, 11) is -3.28. The lowest BCUT2D eigenvalue weighted by molar-refractivity contribution is 0.393. The first-order valence-electron chi connectivity index (χ1n) is 6.16. The lowest BCUT2D eigenvalue weighted by Crippen LogP contribution is -2.37. The molecule has 1 aromatic carbocycles. The fourth-order valence-corrected chi connectivity index (χ4v) is 3.37. The Morgan fingerprint density at radius 2 is 2.06 bits per heavy atom. The number of hydrogen-bond acceptors (Lipinski definition) is 2. The van der Waals surface area contributed by atoms with E-state index in [2.05, 4.69) is 0 Å². The monoisotopic (exact) mass is 271 g/mol. The van der Waals surface area contributed by atoms with Crippen molar-refractivity contribution in [2.75, 3.05) is 0 Å². The van der Waals surface area contributed by atoms with Crippen molar-refractivity contribution in [3.8, 4) is 0 Å². The Morgan fingerprint density at radius 3 is 2.56 bits per heavy atom. The van der Waals surface area contributed by atoms with Crippen molar-refractivity contribution < 1.29 is 12.8 Å². The van der Waals surface area contributed by atoms with E-state index < -0.39 is 15.3 Å². The molecule has 5 heteroatoms. The fourth-order valence-electron chi connectivity index (χ4n) is 1.88. The summed E-state index contributed by atoms with van der Waals surface area (Å²) in [5, 5.41) is -0.438. The smallest absolute Gasteiger partial charge is 0.212 e. The van der Waals surface area contributed by atoms with Crippen molar-refractivity contribution in [2.24, 2.45) is 0 Å². The molecule has 0 heterocycles. The van der Waals surface area contributed by atoms with E-state index in [0.717, 1.165) is 12.8 Å². The first kappa shape index (κ1) is 13.5. The Balaban J connectivity index is 2.22. The minimum absolute atomic E-state index is 0.0978. The highest BCUT2D eigenvalue weighted by Crippen LogP contribution is 2.32. The Morgan fingerprint density at radius 1 is 1.39 bits per heavy atom. The van der Waals surface area contributed by atoms with Crippen molar-refractivity contribution in [2.45, 2.75) is 44.5 Å². The van der Waals surface area contributed by atoms with Crippen LogP contribution in [-0.4, -0.2) is 24.0 Å². The van der Waals surface area contributed by atoms with Gasteiger partial charge in [0.1, 0.15) is 5.82 Å². The molecule has 0 aliphatic heterocycles. The number of rotatable bonds is 5. The van der Waals surface area contributed by atoms with Gasteiger partial charge in [-0.2, -0.15) is 4.31 Å². The van der Waals surface area contributed by atoms with Crippen LogP contribution in [-0.2, 0) is 16.6 Å². The second-order valence-electron chi connectivity index (χ2n) is 5.00. The summed E-state index contributed by atoms with van der Waals surface area (Å²) in [6.45, 7) is 3.62. The minimum atomic E-state index is -3.28. The van der Waals surface area contributed by atoms with E-state index in [9.17, 15) is 12.8 Å². The molecule has 1 aliphatic rings. The highest BCUT2D eigenvalue weighted by atomic mass is 32.2. The van der Waals surface area contributed by atoms with Gasteiger partial charge in [0.25, 0.3) is 0 Å². The zero-order chi connectivity index (χ0) is 13.3. The number of hydrogen-bond donors (Lipinski definition) is 0. The van der Waals surface area contributed by atoms with Crippen LogP contribution in [0.5, 0.6) is 0 Å². The molecule has 0 N–H and O–H groups in total. The van der Waals surface area contributed by atoms with Crippen molar-refractivity contribution >= 4 is 10.0 Å². The second-order valence-corrected chi connectivity index (χ2v) is 7.44. The van der Waals surface area contributed by atoms with E-state index in [4.69, 9.17) is 0 Å². The third kappa shape index (κ3) is 2.90. The van der Waals surface area contributed by atoms with Gasteiger partial charge < -0.3 is 0 Å². The Hall–Kier alpha value is -0.940. The molecule has 0 saturated heterocycles. The lowest BCUT2D eigenvalue weighted by atomic mass is 10.2. The van der Waals surface area contributed by atoms with Crippen LogP contribution in [0.15, 0.2) is 24.3 Å². The SMILES string of the molecule is CC(C)S(=O)(=O)N(Cc1cccc(F)c1)C1CC1. The van der Waals surface area contributed by atoms with Crippen molar-refractivity contribution in [1.29, 1.82) is 0 Å². The molecule has 0 unspecified atom stereocenters. The van der Waals surface area contributed by atoms with Crippen molar-refractivity contribution in [3.63, 3.8) is 0 Å². The Kier molecular flexibility index (Phi) is 3.73. The van der Waals surface area contributed by atoms with E-state index in [1.807, 2.05) is 0 Å². The molecule has 18 heavy (non-hydrogen) atoms. The van der Waals surface area contributed by atoms with E-state index >= 15 is 0 Å². The highest BCUT2D eigenvalue weighted by molar-refractivity contribution is 7.89. The molecule has 3 nitrogen and oxygen atoms in total. The number of benzene rings is 1. The lowest BCUT2D eigenvalue weighted by Gasteiger charge is -2.24. The van der Waals surface area contributed by atoms with Crippen LogP contribution in [0.3, 0.4) is 0 Å². The van der Waals surface area contributed by atoms with Gasteiger partial charge in [0.2, 0.25) is 10.0 Å². The zero-order valence-electron chi connectivity index (χ0n) is 10.6. The quantitative estimate of drug-likeness (QED) is 0.825. The van der Waals surface area contributed by atoms with Gasteiger partial charge in [0.05, 0.1) is 5.25 Å². The first-order valence-corrected chi connectivity index (χ1v) is 7.66. The predicted octanol–water partition coefficient (Wildman–Crippen LogP) is 2.53. The van der Waals surface area contributed by atoms with Gasteiger partial charge in [-0.3, -0.25) is 0 Å². The largest absolute Gasteiger partial charge is 0.216 e. The number of nitrogens with zero attached hydrogens (tertiary/aromatic N) is 1. The van der Waals surface area contributed by atoms with Crippen LogP contribution < -0.4 is 0 Å². The standard InChI is InChI=1S/C13H18FNO2S/c1-10(2)18(16,17)15(13-6-7-13)9-11-4-3-5-12(14)8-11/h3-5,8,10,13H,6-7,9H2,1-2H3. The fraction of sp³-hybridized carbons (Fsp3) is 0.538. The van der Waals surface area contributed by atoms with Gasteiger partial charge >= 0.3 is 0 Å². The molecule has 0 bridgehead atoms. The molecule has 0 spiro atoms. The van der Waals surface area contributed by atoms with E-state index in [1.165, 1.54) is 16.4 Å². The molecule has 2 rings (SSSR count). The molecule has 0 radical (unpaired) electrons. The summed E-state index contributed by atoms with van der Waals surface area (Å²) in [6, 6.07) is 6.22.